The van der Waals surface area contributed by atoms with E-state index in [0.717, 1.165) is 22.9 Å². The van der Waals surface area contributed by atoms with Crippen LogP contribution >= 0.6 is 11.3 Å². The molecule has 0 amide bonds. The summed E-state index contributed by atoms with van der Waals surface area (Å²) in [7, 11) is 0. The Morgan fingerprint density at radius 3 is 2.50 bits per heavy atom. The fraction of sp³-hybridized carbons (Fsp3) is 0.381. The molecule has 0 saturated carbocycles. The molecule has 0 bridgehead atoms. The van der Waals surface area contributed by atoms with Gasteiger partial charge in [-0.2, -0.15) is 0 Å². The van der Waals surface area contributed by atoms with Crippen LogP contribution in [0.15, 0.2) is 52.3 Å². The summed E-state index contributed by atoms with van der Waals surface area (Å²) in [6.45, 7) is 7.80. The molecule has 1 N–H and O–H groups in total. The highest BCUT2D eigenvalue weighted by Crippen LogP contribution is 2.27. The van der Waals surface area contributed by atoms with Gasteiger partial charge in [0.25, 0.3) is 0 Å². The molecular formula is C21H26N2O2S. The minimum absolute atomic E-state index is 0.0662. The fourth-order valence-electron chi connectivity index (χ4n) is 3.13. The number of nitrogens with zero attached hydrogens (tertiary/aromatic N) is 2. The van der Waals surface area contributed by atoms with Crippen molar-refractivity contribution in [2.45, 2.75) is 39.9 Å². The summed E-state index contributed by atoms with van der Waals surface area (Å²) < 4.78 is 5.89. The van der Waals surface area contributed by atoms with Crippen molar-refractivity contribution in [3.8, 4) is 10.8 Å². The first-order valence-corrected chi connectivity index (χ1v) is 9.85. The second kappa shape index (κ2) is 8.62. The number of hydrogen-bond donors (Lipinski definition) is 1. The van der Waals surface area contributed by atoms with Gasteiger partial charge in [0, 0.05) is 19.1 Å². The molecule has 3 aromatic rings. The van der Waals surface area contributed by atoms with Crippen LogP contribution in [0.25, 0.3) is 10.8 Å². The van der Waals surface area contributed by atoms with Gasteiger partial charge >= 0.3 is 0 Å². The average Bonchev–Trinajstić information content (AvgIpc) is 3.26. The molecule has 1 aromatic carbocycles. The van der Waals surface area contributed by atoms with Gasteiger partial charge in [0.15, 0.2) is 0 Å². The van der Waals surface area contributed by atoms with E-state index in [1.165, 1.54) is 5.56 Å². The van der Waals surface area contributed by atoms with E-state index in [2.05, 4.69) is 30.9 Å². The minimum Gasteiger partial charge on any atom is -0.440 e. The second-order valence-corrected chi connectivity index (χ2v) is 7.83. The van der Waals surface area contributed by atoms with Crippen molar-refractivity contribution < 1.29 is 9.52 Å². The molecule has 0 aliphatic heterocycles. The molecule has 0 saturated heterocycles. The molecular weight excluding hydrogens is 344 g/mol. The lowest BCUT2D eigenvalue weighted by atomic mass is 10.0. The molecule has 1 unspecified atom stereocenters. The summed E-state index contributed by atoms with van der Waals surface area (Å²) in [5.74, 6) is 1.86. The summed E-state index contributed by atoms with van der Waals surface area (Å²) in [5.41, 5.74) is 2.16. The van der Waals surface area contributed by atoms with E-state index in [9.17, 15) is 5.11 Å². The molecule has 0 radical (unpaired) electrons. The maximum absolute atomic E-state index is 9.96. The largest absolute Gasteiger partial charge is 0.440 e. The van der Waals surface area contributed by atoms with Crippen molar-refractivity contribution in [3.63, 3.8) is 0 Å². The third-order valence-electron chi connectivity index (χ3n) is 4.63. The summed E-state index contributed by atoms with van der Waals surface area (Å²) in [4.78, 5) is 8.06. The molecule has 0 fully saturated rings. The summed E-state index contributed by atoms with van der Waals surface area (Å²) in [6.07, 6.45) is 0. The van der Waals surface area contributed by atoms with Crippen molar-refractivity contribution >= 4 is 11.3 Å². The summed E-state index contributed by atoms with van der Waals surface area (Å²) in [6, 6.07) is 14.4. The Hall–Kier alpha value is -1.95. The summed E-state index contributed by atoms with van der Waals surface area (Å²) in [5, 5.41) is 12.0. The smallest absolute Gasteiger partial charge is 0.236 e. The molecule has 0 spiro atoms. The molecule has 0 aliphatic carbocycles. The Morgan fingerprint density at radius 1 is 1.12 bits per heavy atom. The number of aliphatic hydroxyl groups excluding tert-OH is 1. The number of oxazole rings is 1. The number of aliphatic hydroxyl groups is 1. The molecule has 138 valence electrons. The van der Waals surface area contributed by atoms with Gasteiger partial charge < -0.3 is 9.52 Å². The zero-order valence-corrected chi connectivity index (χ0v) is 16.4. The van der Waals surface area contributed by atoms with E-state index in [1.54, 1.807) is 11.3 Å². The van der Waals surface area contributed by atoms with Crippen molar-refractivity contribution in [2.75, 3.05) is 6.61 Å². The lowest BCUT2D eigenvalue weighted by Crippen LogP contribution is -2.41. The molecule has 5 heteroatoms. The van der Waals surface area contributed by atoms with E-state index < -0.39 is 0 Å². The van der Waals surface area contributed by atoms with Gasteiger partial charge in [-0.15, -0.1) is 11.3 Å². The summed E-state index contributed by atoms with van der Waals surface area (Å²) >= 11 is 1.63. The quantitative estimate of drug-likeness (QED) is 0.623. The monoisotopic (exact) mass is 370 g/mol. The van der Waals surface area contributed by atoms with Crippen LogP contribution < -0.4 is 0 Å². The van der Waals surface area contributed by atoms with Crippen molar-refractivity contribution in [1.29, 1.82) is 0 Å². The van der Waals surface area contributed by atoms with Gasteiger partial charge in [0.2, 0.25) is 5.89 Å². The lowest BCUT2D eigenvalue weighted by molar-refractivity contribution is 0.0772. The van der Waals surface area contributed by atoms with Gasteiger partial charge in [-0.05, 0) is 29.9 Å². The topological polar surface area (TPSA) is 49.5 Å². The van der Waals surface area contributed by atoms with E-state index in [4.69, 9.17) is 9.40 Å². The first-order valence-electron chi connectivity index (χ1n) is 8.97. The predicted octanol–water partition coefficient (Wildman–Crippen LogP) is 4.73. The first-order chi connectivity index (χ1) is 12.6. The second-order valence-electron chi connectivity index (χ2n) is 6.88. The number of aromatic nitrogens is 1. The van der Waals surface area contributed by atoms with Gasteiger partial charge in [-0.3, -0.25) is 4.90 Å². The zero-order valence-electron chi connectivity index (χ0n) is 15.6. The van der Waals surface area contributed by atoms with Gasteiger partial charge in [-0.25, -0.2) is 4.98 Å². The number of aryl methyl sites for hydroxylation is 1. The predicted molar refractivity (Wildman–Crippen MR) is 106 cm³/mol. The van der Waals surface area contributed by atoms with Gasteiger partial charge in [0.05, 0.1) is 17.2 Å². The SMILES string of the molecule is Cc1oc(-c2cccs2)nc1CN(Cc1ccccc1)C(CO)C(C)C. The van der Waals surface area contributed by atoms with Crippen LogP contribution in [-0.4, -0.2) is 27.6 Å². The van der Waals surface area contributed by atoms with Crippen LogP contribution in [0.2, 0.25) is 0 Å². The maximum Gasteiger partial charge on any atom is 0.236 e. The van der Waals surface area contributed by atoms with E-state index >= 15 is 0 Å². The molecule has 4 nitrogen and oxygen atoms in total. The van der Waals surface area contributed by atoms with E-state index in [0.29, 0.717) is 18.4 Å². The fourth-order valence-corrected chi connectivity index (χ4v) is 3.78. The highest BCUT2D eigenvalue weighted by atomic mass is 32.1. The molecule has 0 aliphatic rings. The Morgan fingerprint density at radius 2 is 1.88 bits per heavy atom. The highest BCUT2D eigenvalue weighted by Gasteiger charge is 2.24. The van der Waals surface area contributed by atoms with Gasteiger partial charge in [-0.1, -0.05) is 50.2 Å². The highest BCUT2D eigenvalue weighted by molar-refractivity contribution is 7.13. The third kappa shape index (κ3) is 4.41. The maximum atomic E-state index is 9.96. The molecule has 3 rings (SSSR count). The number of hydrogen-bond acceptors (Lipinski definition) is 5. The Bertz CT molecular complexity index is 797. The lowest BCUT2D eigenvalue weighted by Gasteiger charge is -2.32. The number of rotatable bonds is 8. The Kier molecular flexibility index (Phi) is 6.25. The van der Waals surface area contributed by atoms with Crippen LogP contribution in [0, 0.1) is 12.8 Å². The third-order valence-corrected chi connectivity index (χ3v) is 5.49. The van der Waals surface area contributed by atoms with Gasteiger partial charge in [0.1, 0.15) is 5.76 Å². The molecule has 2 heterocycles. The van der Waals surface area contributed by atoms with Crippen LogP contribution in [-0.2, 0) is 13.1 Å². The zero-order chi connectivity index (χ0) is 18.5. The normalized spacial score (nSPS) is 12.8. The van der Waals surface area contributed by atoms with Crippen LogP contribution in [0.5, 0.6) is 0 Å². The molecule has 26 heavy (non-hydrogen) atoms. The molecule has 1 atom stereocenters. The van der Waals surface area contributed by atoms with Crippen LogP contribution in [0.3, 0.4) is 0 Å². The van der Waals surface area contributed by atoms with Crippen molar-refractivity contribution in [2.24, 2.45) is 5.92 Å². The number of thiophene rings is 1. The number of benzene rings is 1. The standard InChI is InChI=1S/C21H26N2O2S/c1-15(2)19(14-24)23(12-17-8-5-4-6-9-17)13-18-16(3)25-21(22-18)20-10-7-11-26-20/h4-11,15,19,24H,12-14H2,1-3H3. The van der Waals surface area contributed by atoms with Crippen LogP contribution in [0.1, 0.15) is 30.9 Å². The van der Waals surface area contributed by atoms with E-state index in [-0.39, 0.29) is 12.6 Å². The van der Waals surface area contributed by atoms with E-state index in [1.807, 2.05) is 42.6 Å². The van der Waals surface area contributed by atoms with Crippen LogP contribution in [0.4, 0.5) is 0 Å². The average molecular weight is 371 g/mol. The van der Waals surface area contributed by atoms with Crippen molar-refractivity contribution in [1.82, 2.24) is 9.88 Å². The molecule has 2 aromatic heterocycles. The Labute approximate surface area is 159 Å². The Balaban J connectivity index is 1.85. The first kappa shape index (κ1) is 18.8. The minimum atomic E-state index is 0.0662. The van der Waals surface area contributed by atoms with Crippen molar-refractivity contribution in [3.05, 3.63) is 64.9 Å².